The lowest BCUT2D eigenvalue weighted by Crippen LogP contribution is -1.99. The third-order valence-corrected chi connectivity index (χ3v) is 2.73. The largest absolute Gasteiger partial charge is 0.478 e. The Labute approximate surface area is 92.3 Å². The first-order chi connectivity index (χ1) is 7.13. The molecule has 0 spiro atoms. The van der Waals surface area contributed by atoms with Gasteiger partial charge in [0.2, 0.25) is 0 Å². The molecule has 4 nitrogen and oxygen atoms in total. The van der Waals surface area contributed by atoms with Gasteiger partial charge in [-0.3, -0.25) is 0 Å². The maximum absolute atomic E-state index is 10.8. The second-order valence-electron chi connectivity index (χ2n) is 3.07. The van der Waals surface area contributed by atoms with Gasteiger partial charge in [0.25, 0.3) is 0 Å². The molecule has 0 aliphatic heterocycles. The first-order valence-corrected chi connectivity index (χ1v) is 5.57. The van der Waals surface area contributed by atoms with Crippen molar-refractivity contribution in [1.82, 2.24) is 4.98 Å². The van der Waals surface area contributed by atoms with Crippen LogP contribution in [0.25, 0.3) is 0 Å². The third kappa shape index (κ3) is 3.89. The van der Waals surface area contributed by atoms with Crippen molar-refractivity contribution in [3.8, 4) is 0 Å². The van der Waals surface area contributed by atoms with Crippen LogP contribution in [0, 0.1) is 6.92 Å². The highest BCUT2D eigenvalue weighted by Crippen LogP contribution is 2.18. The van der Waals surface area contributed by atoms with Gasteiger partial charge in [0, 0.05) is 18.1 Å². The summed E-state index contributed by atoms with van der Waals surface area (Å²) in [6, 6.07) is 3.09. The highest BCUT2D eigenvalue weighted by Gasteiger charge is 2.06. The normalized spacial score (nSPS) is 10.3. The minimum atomic E-state index is -0.940. The highest BCUT2D eigenvalue weighted by atomic mass is 32.2. The number of aliphatic hydroxyl groups excluding tert-OH is 1. The van der Waals surface area contributed by atoms with E-state index < -0.39 is 5.97 Å². The molecule has 5 heteroatoms. The number of aliphatic hydroxyl groups is 1. The van der Waals surface area contributed by atoms with E-state index in [0.29, 0.717) is 17.1 Å². The minimum Gasteiger partial charge on any atom is -0.478 e. The molecule has 0 bridgehead atoms. The van der Waals surface area contributed by atoms with Gasteiger partial charge in [-0.1, -0.05) is 0 Å². The van der Waals surface area contributed by atoms with Crippen LogP contribution >= 0.6 is 11.8 Å². The molecule has 0 saturated heterocycles. The van der Waals surface area contributed by atoms with E-state index in [1.165, 1.54) is 11.8 Å². The molecule has 2 N–H and O–H groups in total. The molecular formula is C10H13NO3S. The van der Waals surface area contributed by atoms with E-state index in [1.54, 1.807) is 19.1 Å². The number of thioether (sulfide) groups is 1. The topological polar surface area (TPSA) is 70.4 Å². The number of carboxylic acid groups (broad SMARTS) is 1. The van der Waals surface area contributed by atoms with Crippen molar-refractivity contribution in [2.45, 2.75) is 18.4 Å². The van der Waals surface area contributed by atoms with Gasteiger partial charge in [0.1, 0.15) is 0 Å². The maximum atomic E-state index is 10.8. The standard InChI is InChI=1S/C10H13NO3S/c1-7-5-8(10(13)14)6-9(11-7)15-4-2-3-12/h5-6,12H,2-4H2,1H3,(H,13,14). The first-order valence-electron chi connectivity index (χ1n) is 4.59. The van der Waals surface area contributed by atoms with E-state index in [-0.39, 0.29) is 12.2 Å². The Morgan fingerprint density at radius 3 is 2.87 bits per heavy atom. The van der Waals surface area contributed by atoms with Crippen molar-refractivity contribution in [3.63, 3.8) is 0 Å². The van der Waals surface area contributed by atoms with Crippen molar-refractivity contribution in [1.29, 1.82) is 0 Å². The van der Waals surface area contributed by atoms with Gasteiger partial charge >= 0.3 is 5.97 Å². The van der Waals surface area contributed by atoms with Crippen LogP contribution in [0.15, 0.2) is 17.2 Å². The molecule has 1 aromatic rings. The lowest BCUT2D eigenvalue weighted by molar-refractivity contribution is 0.0696. The quantitative estimate of drug-likeness (QED) is 0.590. The van der Waals surface area contributed by atoms with Crippen LogP contribution < -0.4 is 0 Å². The number of pyridine rings is 1. The van der Waals surface area contributed by atoms with Crippen molar-refractivity contribution in [2.75, 3.05) is 12.4 Å². The maximum Gasteiger partial charge on any atom is 0.335 e. The molecule has 0 unspecified atom stereocenters. The van der Waals surface area contributed by atoms with Crippen LogP contribution in [0.4, 0.5) is 0 Å². The summed E-state index contributed by atoms with van der Waals surface area (Å²) in [6.07, 6.45) is 0.683. The van der Waals surface area contributed by atoms with Gasteiger partial charge in [-0.05, 0) is 25.5 Å². The van der Waals surface area contributed by atoms with Gasteiger partial charge in [-0.2, -0.15) is 0 Å². The zero-order valence-corrected chi connectivity index (χ0v) is 9.25. The summed E-state index contributed by atoms with van der Waals surface area (Å²) in [7, 11) is 0. The fourth-order valence-corrected chi connectivity index (χ4v) is 1.98. The van der Waals surface area contributed by atoms with Gasteiger partial charge in [-0.15, -0.1) is 11.8 Å². The van der Waals surface area contributed by atoms with E-state index in [2.05, 4.69) is 4.98 Å². The minimum absolute atomic E-state index is 0.143. The van der Waals surface area contributed by atoms with Crippen LogP contribution in [0.1, 0.15) is 22.5 Å². The molecule has 15 heavy (non-hydrogen) atoms. The second kappa shape index (κ2) is 5.72. The Hall–Kier alpha value is -1.07. The van der Waals surface area contributed by atoms with Crippen LogP contribution in [0.5, 0.6) is 0 Å². The average molecular weight is 227 g/mol. The molecule has 1 heterocycles. The number of carboxylic acids is 1. The number of rotatable bonds is 5. The Kier molecular flexibility index (Phi) is 4.58. The van der Waals surface area contributed by atoms with Crippen molar-refractivity contribution >= 4 is 17.7 Å². The molecular weight excluding hydrogens is 214 g/mol. The molecule has 1 aromatic heterocycles. The van der Waals surface area contributed by atoms with E-state index in [1.807, 2.05) is 0 Å². The number of aryl methyl sites for hydroxylation is 1. The van der Waals surface area contributed by atoms with Crippen LogP contribution in [-0.4, -0.2) is 33.5 Å². The number of hydrogen-bond donors (Lipinski definition) is 2. The van der Waals surface area contributed by atoms with E-state index in [0.717, 1.165) is 5.75 Å². The molecule has 0 aliphatic rings. The Morgan fingerprint density at radius 1 is 1.53 bits per heavy atom. The Morgan fingerprint density at radius 2 is 2.27 bits per heavy atom. The summed E-state index contributed by atoms with van der Waals surface area (Å²) in [5.41, 5.74) is 0.954. The molecule has 0 saturated carbocycles. The van der Waals surface area contributed by atoms with E-state index in [4.69, 9.17) is 10.2 Å². The molecule has 0 atom stereocenters. The van der Waals surface area contributed by atoms with Gasteiger partial charge in [0.15, 0.2) is 0 Å². The molecule has 0 amide bonds. The van der Waals surface area contributed by atoms with Crippen molar-refractivity contribution < 1.29 is 15.0 Å². The average Bonchev–Trinajstić information content (AvgIpc) is 2.17. The van der Waals surface area contributed by atoms with Crippen LogP contribution in [0.2, 0.25) is 0 Å². The zero-order valence-electron chi connectivity index (χ0n) is 8.43. The monoisotopic (exact) mass is 227 g/mol. The number of hydrogen-bond acceptors (Lipinski definition) is 4. The summed E-state index contributed by atoms with van der Waals surface area (Å²) < 4.78 is 0. The lowest BCUT2D eigenvalue weighted by atomic mass is 10.2. The molecule has 0 fully saturated rings. The first kappa shape index (κ1) is 12.0. The second-order valence-corrected chi connectivity index (χ2v) is 4.18. The summed E-state index contributed by atoms with van der Waals surface area (Å²) in [6.45, 7) is 1.91. The number of nitrogens with zero attached hydrogens (tertiary/aromatic N) is 1. The summed E-state index contributed by atoms with van der Waals surface area (Å²) in [4.78, 5) is 15.0. The Bertz CT molecular complexity index is 355. The van der Waals surface area contributed by atoms with Crippen LogP contribution in [-0.2, 0) is 0 Å². The van der Waals surface area contributed by atoms with Gasteiger partial charge in [-0.25, -0.2) is 9.78 Å². The summed E-state index contributed by atoms with van der Waals surface area (Å²) in [5.74, 6) is -0.198. The number of carbonyl (C=O) groups is 1. The van der Waals surface area contributed by atoms with Crippen molar-refractivity contribution in [3.05, 3.63) is 23.4 Å². The van der Waals surface area contributed by atoms with Gasteiger partial charge < -0.3 is 10.2 Å². The molecule has 0 aromatic carbocycles. The lowest BCUT2D eigenvalue weighted by Gasteiger charge is -2.03. The van der Waals surface area contributed by atoms with E-state index >= 15 is 0 Å². The number of aromatic carboxylic acids is 1. The van der Waals surface area contributed by atoms with Crippen LogP contribution in [0.3, 0.4) is 0 Å². The molecule has 82 valence electrons. The Balaban J connectivity index is 2.75. The predicted octanol–water partition coefficient (Wildman–Crippen LogP) is 1.56. The summed E-state index contributed by atoms with van der Waals surface area (Å²) in [5, 5.41) is 18.1. The number of aromatic nitrogens is 1. The fraction of sp³-hybridized carbons (Fsp3) is 0.400. The molecule has 1 rings (SSSR count). The van der Waals surface area contributed by atoms with E-state index in [9.17, 15) is 4.79 Å². The third-order valence-electron chi connectivity index (χ3n) is 1.73. The predicted molar refractivity (Wildman–Crippen MR) is 58.4 cm³/mol. The summed E-state index contributed by atoms with van der Waals surface area (Å²) >= 11 is 1.46. The van der Waals surface area contributed by atoms with Crippen molar-refractivity contribution in [2.24, 2.45) is 0 Å². The zero-order chi connectivity index (χ0) is 11.3. The molecule has 0 radical (unpaired) electrons. The van der Waals surface area contributed by atoms with Gasteiger partial charge in [0.05, 0.1) is 10.6 Å². The fourth-order valence-electron chi connectivity index (χ4n) is 1.08. The SMILES string of the molecule is Cc1cc(C(=O)O)cc(SCCCO)n1. The highest BCUT2D eigenvalue weighted by molar-refractivity contribution is 7.99. The smallest absolute Gasteiger partial charge is 0.335 e. The molecule has 0 aliphatic carbocycles.